The van der Waals surface area contributed by atoms with Crippen molar-refractivity contribution in [3.8, 4) is 5.75 Å². The van der Waals surface area contributed by atoms with Crippen molar-refractivity contribution in [3.63, 3.8) is 0 Å². The predicted octanol–water partition coefficient (Wildman–Crippen LogP) is 3.38. The number of unbranched alkanes of at least 4 members (excludes halogenated alkanes) is 2. The van der Waals surface area contributed by atoms with Gasteiger partial charge in [0.15, 0.2) is 0 Å². The van der Waals surface area contributed by atoms with Crippen molar-refractivity contribution in [3.05, 3.63) is 29.8 Å². The van der Waals surface area contributed by atoms with Crippen LogP contribution in [0.25, 0.3) is 0 Å². The molecule has 1 rings (SSSR count). The van der Waals surface area contributed by atoms with Crippen LogP contribution in [0.2, 0.25) is 0 Å². The molecule has 0 unspecified atom stereocenters. The van der Waals surface area contributed by atoms with E-state index in [-0.39, 0.29) is 0 Å². The van der Waals surface area contributed by atoms with Crippen LogP contribution in [0.3, 0.4) is 0 Å². The molecular weight excluding hydrogens is 238 g/mol. The van der Waals surface area contributed by atoms with Crippen molar-refractivity contribution < 1.29 is 9.47 Å². The van der Waals surface area contributed by atoms with Crippen LogP contribution in [0.5, 0.6) is 5.75 Å². The van der Waals surface area contributed by atoms with Crippen LogP contribution in [-0.2, 0) is 11.3 Å². The molecule has 3 heteroatoms. The minimum Gasteiger partial charge on any atom is -0.497 e. The van der Waals surface area contributed by atoms with Gasteiger partial charge in [-0.3, -0.25) is 0 Å². The highest BCUT2D eigenvalue weighted by atomic mass is 16.5. The van der Waals surface area contributed by atoms with Crippen molar-refractivity contribution in [2.75, 3.05) is 20.3 Å². The molecule has 0 aliphatic carbocycles. The summed E-state index contributed by atoms with van der Waals surface area (Å²) in [5, 5.41) is 3.42. The molecular formula is C16H27NO2. The molecule has 3 nitrogen and oxygen atoms in total. The molecule has 1 aromatic carbocycles. The Morgan fingerprint density at radius 2 is 2.00 bits per heavy atom. The zero-order valence-electron chi connectivity index (χ0n) is 12.4. The van der Waals surface area contributed by atoms with E-state index in [2.05, 4.69) is 25.2 Å². The highest BCUT2D eigenvalue weighted by Gasteiger charge is 1.97. The van der Waals surface area contributed by atoms with E-state index in [1.165, 1.54) is 18.4 Å². The fraction of sp³-hybridized carbons (Fsp3) is 0.625. The van der Waals surface area contributed by atoms with E-state index in [1.54, 1.807) is 7.11 Å². The van der Waals surface area contributed by atoms with Crippen molar-refractivity contribution >= 4 is 0 Å². The number of hydrogen-bond donors (Lipinski definition) is 1. The van der Waals surface area contributed by atoms with Crippen molar-refractivity contribution in [2.45, 2.75) is 45.8 Å². The first-order valence-corrected chi connectivity index (χ1v) is 7.16. The van der Waals surface area contributed by atoms with E-state index in [9.17, 15) is 0 Å². The maximum atomic E-state index is 5.67. The van der Waals surface area contributed by atoms with Crippen LogP contribution in [0.4, 0.5) is 0 Å². The van der Waals surface area contributed by atoms with Gasteiger partial charge in [-0.25, -0.2) is 0 Å². The van der Waals surface area contributed by atoms with Gasteiger partial charge in [0.2, 0.25) is 0 Å². The van der Waals surface area contributed by atoms with Gasteiger partial charge in [-0.1, -0.05) is 26.0 Å². The zero-order chi connectivity index (χ0) is 13.9. The molecule has 1 N–H and O–H groups in total. The Morgan fingerprint density at radius 1 is 1.16 bits per heavy atom. The summed E-state index contributed by atoms with van der Waals surface area (Å²) in [7, 11) is 1.69. The quantitative estimate of drug-likeness (QED) is 0.658. The van der Waals surface area contributed by atoms with Gasteiger partial charge in [-0.2, -0.15) is 0 Å². The van der Waals surface area contributed by atoms with Crippen molar-refractivity contribution in [1.82, 2.24) is 5.32 Å². The first kappa shape index (κ1) is 16.0. The molecule has 0 spiro atoms. The molecule has 0 heterocycles. The average Bonchev–Trinajstić information content (AvgIpc) is 2.41. The lowest BCUT2D eigenvalue weighted by Gasteiger charge is -2.08. The molecule has 108 valence electrons. The van der Waals surface area contributed by atoms with Gasteiger partial charge >= 0.3 is 0 Å². The van der Waals surface area contributed by atoms with Crippen LogP contribution in [0, 0.1) is 0 Å². The standard InChI is InChI=1S/C16H27NO2/c1-14(2)17-10-5-4-6-11-19-13-15-8-7-9-16(12-15)18-3/h7-9,12,14,17H,4-6,10-11,13H2,1-3H3. The molecule has 0 radical (unpaired) electrons. The maximum absolute atomic E-state index is 5.67. The lowest BCUT2D eigenvalue weighted by molar-refractivity contribution is 0.116. The van der Waals surface area contributed by atoms with Gasteiger partial charge in [0.25, 0.3) is 0 Å². The molecule has 19 heavy (non-hydrogen) atoms. The lowest BCUT2D eigenvalue weighted by Crippen LogP contribution is -2.23. The number of hydrogen-bond acceptors (Lipinski definition) is 3. The van der Waals surface area contributed by atoms with E-state index in [0.717, 1.165) is 25.3 Å². The van der Waals surface area contributed by atoms with Gasteiger partial charge in [0.05, 0.1) is 13.7 Å². The number of nitrogens with one attached hydrogen (secondary N) is 1. The summed E-state index contributed by atoms with van der Waals surface area (Å²) in [5.41, 5.74) is 1.17. The van der Waals surface area contributed by atoms with Crippen LogP contribution >= 0.6 is 0 Å². The highest BCUT2D eigenvalue weighted by Crippen LogP contribution is 2.13. The van der Waals surface area contributed by atoms with Gasteiger partial charge in [-0.05, 0) is 43.5 Å². The fourth-order valence-electron chi connectivity index (χ4n) is 1.85. The van der Waals surface area contributed by atoms with E-state index < -0.39 is 0 Å². The lowest BCUT2D eigenvalue weighted by atomic mass is 10.2. The summed E-state index contributed by atoms with van der Waals surface area (Å²) >= 11 is 0. The monoisotopic (exact) mass is 265 g/mol. The minimum absolute atomic E-state index is 0.587. The normalized spacial score (nSPS) is 10.9. The molecule has 0 atom stereocenters. The van der Waals surface area contributed by atoms with Gasteiger partial charge < -0.3 is 14.8 Å². The molecule has 0 bridgehead atoms. The van der Waals surface area contributed by atoms with Crippen molar-refractivity contribution in [1.29, 1.82) is 0 Å². The first-order valence-electron chi connectivity index (χ1n) is 7.16. The van der Waals surface area contributed by atoms with Gasteiger partial charge in [0, 0.05) is 12.6 Å². The Bertz CT molecular complexity index is 339. The van der Waals surface area contributed by atoms with Crippen LogP contribution in [-0.4, -0.2) is 26.3 Å². The fourth-order valence-corrected chi connectivity index (χ4v) is 1.85. The highest BCUT2D eigenvalue weighted by molar-refractivity contribution is 5.27. The second-order valence-electron chi connectivity index (χ2n) is 5.07. The third kappa shape index (κ3) is 7.85. The molecule has 0 amide bonds. The first-order chi connectivity index (χ1) is 9.22. The second-order valence-corrected chi connectivity index (χ2v) is 5.07. The van der Waals surface area contributed by atoms with Crippen LogP contribution in [0.15, 0.2) is 24.3 Å². The Balaban J connectivity index is 2.01. The van der Waals surface area contributed by atoms with E-state index in [0.29, 0.717) is 12.6 Å². The van der Waals surface area contributed by atoms with E-state index in [1.807, 2.05) is 18.2 Å². The average molecular weight is 265 g/mol. The Labute approximate surface area is 117 Å². The summed E-state index contributed by atoms with van der Waals surface area (Å²) in [6.07, 6.45) is 3.57. The van der Waals surface area contributed by atoms with E-state index in [4.69, 9.17) is 9.47 Å². The number of ether oxygens (including phenoxy) is 2. The molecule has 0 aromatic heterocycles. The van der Waals surface area contributed by atoms with Gasteiger partial charge in [-0.15, -0.1) is 0 Å². The second kappa shape index (κ2) is 9.82. The summed E-state index contributed by atoms with van der Waals surface area (Å²) in [5.74, 6) is 0.890. The van der Waals surface area contributed by atoms with Crippen molar-refractivity contribution in [2.24, 2.45) is 0 Å². The summed E-state index contributed by atoms with van der Waals surface area (Å²) < 4.78 is 10.9. The minimum atomic E-state index is 0.587. The summed E-state index contributed by atoms with van der Waals surface area (Å²) in [6.45, 7) is 6.96. The zero-order valence-corrected chi connectivity index (χ0v) is 12.4. The number of methoxy groups -OCH3 is 1. The summed E-state index contributed by atoms with van der Waals surface area (Å²) in [6, 6.07) is 8.62. The third-order valence-corrected chi connectivity index (χ3v) is 2.92. The molecule has 0 aliphatic rings. The van der Waals surface area contributed by atoms with Crippen LogP contribution < -0.4 is 10.1 Å². The van der Waals surface area contributed by atoms with Gasteiger partial charge in [0.1, 0.15) is 5.75 Å². The largest absolute Gasteiger partial charge is 0.497 e. The Hall–Kier alpha value is -1.06. The molecule has 1 aromatic rings. The summed E-state index contributed by atoms with van der Waals surface area (Å²) in [4.78, 5) is 0. The predicted molar refractivity (Wildman–Crippen MR) is 79.6 cm³/mol. The topological polar surface area (TPSA) is 30.5 Å². The molecule has 0 fully saturated rings. The molecule has 0 aliphatic heterocycles. The molecule has 0 saturated carbocycles. The SMILES string of the molecule is COc1cccc(COCCCCCNC(C)C)c1. The maximum Gasteiger partial charge on any atom is 0.119 e. The van der Waals surface area contributed by atoms with E-state index >= 15 is 0 Å². The molecule has 0 saturated heterocycles. The Kier molecular flexibility index (Phi) is 8.26. The number of benzene rings is 1. The van der Waals surface area contributed by atoms with Crippen LogP contribution in [0.1, 0.15) is 38.7 Å². The smallest absolute Gasteiger partial charge is 0.119 e. The number of rotatable bonds is 10. The third-order valence-electron chi connectivity index (χ3n) is 2.92. The Morgan fingerprint density at radius 3 is 2.74 bits per heavy atom.